The third-order valence-electron chi connectivity index (χ3n) is 3.96. The number of carbonyl (C=O) groups excluding carboxylic acids is 1. The van der Waals surface area contributed by atoms with Gasteiger partial charge in [-0.2, -0.15) is 15.0 Å². The summed E-state index contributed by atoms with van der Waals surface area (Å²) < 4.78 is 15.8. The van der Waals surface area contributed by atoms with Gasteiger partial charge in [-0.25, -0.2) is 4.98 Å². The molecule has 0 bridgehead atoms. The molecule has 0 fully saturated rings. The lowest BCUT2D eigenvalue weighted by molar-refractivity contribution is -0.144. The molecule has 0 aliphatic rings. The number of hydrogen-bond donors (Lipinski definition) is 1. The molecule has 30 heavy (non-hydrogen) atoms. The minimum atomic E-state index is -0.440. The number of esters is 1. The summed E-state index contributed by atoms with van der Waals surface area (Å²) in [6, 6.07) is 5.54. The van der Waals surface area contributed by atoms with Gasteiger partial charge in [-0.3, -0.25) is 4.79 Å². The lowest BCUT2D eigenvalue weighted by atomic mass is 10.2. The van der Waals surface area contributed by atoms with Crippen molar-refractivity contribution in [1.82, 2.24) is 19.9 Å². The number of thiazole rings is 1. The van der Waals surface area contributed by atoms with Crippen LogP contribution in [0.15, 0.2) is 23.6 Å². The highest BCUT2D eigenvalue weighted by molar-refractivity contribution is 7.13. The maximum Gasteiger partial charge on any atom is 0.312 e. The zero-order chi connectivity index (χ0) is 21.7. The number of carbonyl (C=O) groups is 1. The number of rotatable bonds is 8. The summed E-state index contributed by atoms with van der Waals surface area (Å²) in [6.45, 7) is -0.0981. The van der Waals surface area contributed by atoms with Crippen LogP contribution in [0.3, 0.4) is 0 Å². The summed E-state index contributed by atoms with van der Waals surface area (Å²) in [5.74, 6) is 1.55. The molecule has 0 atom stereocenters. The van der Waals surface area contributed by atoms with Gasteiger partial charge in [0, 0.05) is 25.0 Å². The van der Waals surface area contributed by atoms with Crippen LogP contribution in [-0.2, 0) is 22.6 Å². The van der Waals surface area contributed by atoms with E-state index in [4.69, 9.17) is 19.9 Å². The van der Waals surface area contributed by atoms with Crippen molar-refractivity contribution < 1.29 is 19.0 Å². The third-order valence-corrected chi connectivity index (χ3v) is 4.90. The molecule has 0 aliphatic heterocycles. The topological polar surface area (TPSA) is 126 Å². The number of ether oxygens (including phenoxy) is 3. The van der Waals surface area contributed by atoms with E-state index in [-0.39, 0.29) is 24.8 Å². The van der Waals surface area contributed by atoms with Crippen molar-refractivity contribution in [3.05, 3.63) is 35.1 Å². The molecule has 0 unspecified atom stereocenters. The van der Waals surface area contributed by atoms with Crippen LogP contribution in [0.4, 0.5) is 11.9 Å². The second-order valence-electron chi connectivity index (χ2n) is 6.36. The predicted molar refractivity (Wildman–Crippen MR) is 113 cm³/mol. The SMILES string of the molecule is COc1ccc(-c2nc(CC(=O)OCc3nc(N)nc(N(C)C)n3)cs2)cc1OC. The first kappa shape index (κ1) is 21.2. The summed E-state index contributed by atoms with van der Waals surface area (Å²) in [4.78, 5) is 30.6. The fraction of sp³-hybridized carbons (Fsp3) is 0.316. The Morgan fingerprint density at radius 3 is 2.57 bits per heavy atom. The molecule has 0 aliphatic carbocycles. The second kappa shape index (κ2) is 9.35. The summed E-state index contributed by atoms with van der Waals surface area (Å²) in [7, 11) is 6.72. The smallest absolute Gasteiger partial charge is 0.312 e. The molecule has 0 amide bonds. The molecule has 158 valence electrons. The normalized spacial score (nSPS) is 10.5. The first-order valence-corrected chi connectivity index (χ1v) is 9.77. The predicted octanol–water partition coefficient (Wildman–Crippen LogP) is 1.95. The van der Waals surface area contributed by atoms with Crippen LogP contribution in [0.25, 0.3) is 10.6 Å². The van der Waals surface area contributed by atoms with Crippen molar-refractivity contribution in [2.24, 2.45) is 0 Å². The van der Waals surface area contributed by atoms with E-state index in [1.165, 1.54) is 11.3 Å². The van der Waals surface area contributed by atoms with Crippen LogP contribution < -0.4 is 20.1 Å². The van der Waals surface area contributed by atoms with Gasteiger partial charge in [0.2, 0.25) is 11.9 Å². The minimum Gasteiger partial charge on any atom is -0.493 e. The fourth-order valence-corrected chi connectivity index (χ4v) is 3.34. The Bertz CT molecular complexity index is 1040. The van der Waals surface area contributed by atoms with E-state index in [9.17, 15) is 4.79 Å². The Morgan fingerprint density at radius 2 is 1.87 bits per heavy atom. The van der Waals surface area contributed by atoms with Crippen LogP contribution in [0.1, 0.15) is 11.5 Å². The molecular weight excluding hydrogens is 408 g/mol. The maximum atomic E-state index is 12.2. The summed E-state index contributed by atoms with van der Waals surface area (Å²) in [5, 5.41) is 2.58. The highest BCUT2D eigenvalue weighted by Gasteiger charge is 2.14. The quantitative estimate of drug-likeness (QED) is 0.530. The Hall–Kier alpha value is -3.47. The van der Waals surface area contributed by atoms with Gasteiger partial charge in [0.05, 0.1) is 26.3 Å². The molecule has 2 N–H and O–H groups in total. The van der Waals surface area contributed by atoms with E-state index in [1.807, 2.05) is 23.6 Å². The highest BCUT2D eigenvalue weighted by atomic mass is 32.1. The van der Waals surface area contributed by atoms with Crippen LogP contribution in [0.2, 0.25) is 0 Å². The molecule has 2 heterocycles. The van der Waals surface area contributed by atoms with Crippen molar-refractivity contribution in [3.8, 4) is 22.1 Å². The number of anilines is 2. The molecule has 0 spiro atoms. The molecule has 11 heteroatoms. The molecule has 10 nitrogen and oxygen atoms in total. The van der Waals surface area contributed by atoms with Gasteiger partial charge in [-0.05, 0) is 18.2 Å². The highest BCUT2D eigenvalue weighted by Crippen LogP contribution is 2.33. The van der Waals surface area contributed by atoms with E-state index in [2.05, 4.69) is 19.9 Å². The van der Waals surface area contributed by atoms with E-state index in [1.54, 1.807) is 33.2 Å². The third kappa shape index (κ3) is 5.11. The number of benzene rings is 1. The molecular formula is C19H22N6O4S. The number of nitrogen functional groups attached to an aromatic ring is 1. The van der Waals surface area contributed by atoms with Crippen LogP contribution >= 0.6 is 11.3 Å². The van der Waals surface area contributed by atoms with Crippen LogP contribution in [-0.4, -0.2) is 54.2 Å². The molecule has 1 aromatic carbocycles. The molecule has 3 aromatic rings. The average Bonchev–Trinajstić information content (AvgIpc) is 3.19. The van der Waals surface area contributed by atoms with Crippen molar-refractivity contribution in [3.63, 3.8) is 0 Å². The number of aromatic nitrogens is 4. The Balaban J connectivity index is 1.63. The van der Waals surface area contributed by atoms with Gasteiger partial charge in [-0.15, -0.1) is 11.3 Å². The largest absolute Gasteiger partial charge is 0.493 e. The van der Waals surface area contributed by atoms with Crippen LogP contribution in [0.5, 0.6) is 11.5 Å². The Labute approximate surface area is 177 Å². The maximum absolute atomic E-state index is 12.2. The molecule has 2 aromatic heterocycles. The number of methoxy groups -OCH3 is 2. The zero-order valence-electron chi connectivity index (χ0n) is 17.1. The molecule has 3 rings (SSSR count). The van der Waals surface area contributed by atoms with E-state index >= 15 is 0 Å². The fourth-order valence-electron chi connectivity index (χ4n) is 2.52. The van der Waals surface area contributed by atoms with E-state index < -0.39 is 5.97 Å². The van der Waals surface area contributed by atoms with Crippen molar-refractivity contribution in [2.45, 2.75) is 13.0 Å². The summed E-state index contributed by atoms with van der Waals surface area (Å²) >= 11 is 1.43. The Morgan fingerprint density at radius 1 is 1.10 bits per heavy atom. The van der Waals surface area contributed by atoms with E-state index in [0.717, 1.165) is 10.6 Å². The van der Waals surface area contributed by atoms with E-state index in [0.29, 0.717) is 23.1 Å². The zero-order valence-corrected chi connectivity index (χ0v) is 17.9. The van der Waals surface area contributed by atoms with Crippen LogP contribution in [0, 0.1) is 0 Å². The van der Waals surface area contributed by atoms with Gasteiger partial charge < -0.3 is 24.8 Å². The summed E-state index contributed by atoms with van der Waals surface area (Å²) in [6.07, 6.45) is 0.0326. The second-order valence-corrected chi connectivity index (χ2v) is 7.21. The number of nitrogens with zero attached hydrogens (tertiary/aromatic N) is 5. The first-order chi connectivity index (χ1) is 14.4. The van der Waals surface area contributed by atoms with Gasteiger partial charge >= 0.3 is 5.97 Å². The van der Waals surface area contributed by atoms with Gasteiger partial charge in [0.25, 0.3) is 0 Å². The minimum absolute atomic E-state index is 0.0326. The monoisotopic (exact) mass is 430 g/mol. The van der Waals surface area contributed by atoms with Gasteiger partial charge in [-0.1, -0.05) is 0 Å². The van der Waals surface area contributed by atoms with Gasteiger partial charge in [0.15, 0.2) is 23.9 Å². The Kier molecular flexibility index (Phi) is 6.62. The number of hydrogen-bond acceptors (Lipinski definition) is 11. The molecule has 0 saturated heterocycles. The number of nitrogens with two attached hydrogens (primary N) is 1. The molecule has 0 radical (unpaired) electrons. The molecule has 0 saturated carbocycles. The lowest BCUT2D eigenvalue weighted by Gasteiger charge is -2.11. The standard InChI is InChI=1S/C19H22N6O4S/c1-25(2)19-23-15(22-18(20)24-19)9-29-16(26)8-12-10-30-17(21-12)11-5-6-13(27-3)14(7-11)28-4/h5-7,10H,8-9H2,1-4H3,(H2,20,22,23,24). The van der Waals surface area contributed by atoms with Gasteiger partial charge in [0.1, 0.15) is 5.01 Å². The van der Waals surface area contributed by atoms with Crippen molar-refractivity contribution >= 4 is 29.2 Å². The van der Waals surface area contributed by atoms with Crippen molar-refractivity contribution in [1.29, 1.82) is 0 Å². The van der Waals surface area contributed by atoms with Crippen molar-refractivity contribution in [2.75, 3.05) is 38.9 Å². The average molecular weight is 430 g/mol. The summed E-state index contributed by atoms with van der Waals surface area (Å²) in [5.41, 5.74) is 7.15. The first-order valence-electron chi connectivity index (χ1n) is 8.89. The lowest BCUT2D eigenvalue weighted by Crippen LogP contribution is -2.17.